The smallest absolute Gasteiger partial charge is 0.317 e. The number of carboxylic acids is 1. The molecule has 1 rings (SSSR count). The molecular formula is C12H21ClN4O2. The van der Waals surface area contributed by atoms with Crippen molar-refractivity contribution in [3.05, 3.63) is 16.4 Å². The Kier molecular flexibility index (Phi) is 5.78. The van der Waals surface area contributed by atoms with Gasteiger partial charge in [-0.25, -0.2) is 0 Å². The summed E-state index contributed by atoms with van der Waals surface area (Å²) in [5, 5.41) is 13.8. The van der Waals surface area contributed by atoms with Gasteiger partial charge in [0.25, 0.3) is 0 Å². The molecule has 0 saturated carbocycles. The molecule has 1 N–H and O–H groups in total. The lowest BCUT2D eigenvalue weighted by Crippen LogP contribution is -2.35. The van der Waals surface area contributed by atoms with Gasteiger partial charge in [0, 0.05) is 32.2 Å². The zero-order valence-corrected chi connectivity index (χ0v) is 12.6. The Balaban J connectivity index is 2.78. The van der Waals surface area contributed by atoms with Crippen LogP contribution in [0.25, 0.3) is 0 Å². The molecule has 0 bridgehead atoms. The molecule has 1 aromatic heterocycles. The van der Waals surface area contributed by atoms with E-state index >= 15 is 0 Å². The minimum atomic E-state index is -0.837. The van der Waals surface area contributed by atoms with Gasteiger partial charge in [0.15, 0.2) is 0 Å². The number of carboxylic acid groups (broad SMARTS) is 1. The first kappa shape index (κ1) is 15.9. The first-order valence-electron chi connectivity index (χ1n) is 6.08. The van der Waals surface area contributed by atoms with Crippen LogP contribution in [0.5, 0.6) is 0 Å². The van der Waals surface area contributed by atoms with Gasteiger partial charge in [-0.15, -0.1) is 0 Å². The molecule has 108 valence electrons. The zero-order chi connectivity index (χ0) is 14.6. The van der Waals surface area contributed by atoms with Crippen molar-refractivity contribution in [1.29, 1.82) is 0 Å². The van der Waals surface area contributed by atoms with E-state index in [0.717, 1.165) is 17.8 Å². The van der Waals surface area contributed by atoms with Crippen LogP contribution in [0, 0.1) is 6.92 Å². The second-order valence-corrected chi connectivity index (χ2v) is 5.24. The molecule has 7 heteroatoms. The molecule has 0 aliphatic rings. The average molecular weight is 289 g/mol. The number of likely N-dealkylation sites (N-methyl/N-ethyl adjacent to an activating group) is 1. The lowest BCUT2D eigenvalue weighted by Gasteiger charge is -2.22. The van der Waals surface area contributed by atoms with Crippen molar-refractivity contribution < 1.29 is 9.90 Å². The maximum Gasteiger partial charge on any atom is 0.317 e. The molecule has 0 amide bonds. The van der Waals surface area contributed by atoms with Crippen molar-refractivity contribution in [3.8, 4) is 0 Å². The zero-order valence-electron chi connectivity index (χ0n) is 11.9. The SMILES string of the molecule is Cc1nn(C)c(Cl)c1CN(CCN(C)C)CC(=O)O. The van der Waals surface area contributed by atoms with Gasteiger partial charge in [-0.1, -0.05) is 11.6 Å². The van der Waals surface area contributed by atoms with E-state index in [9.17, 15) is 4.79 Å². The number of aromatic nitrogens is 2. The standard InChI is InChI=1S/C12H21ClN4O2/c1-9-10(12(13)16(4)14-9)7-17(8-11(18)19)6-5-15(2)3/h5-8H2,1-4H3,(H,18,19). The Morgan fingerprint density at radius 2 is 2.05 bits per heavy atom. The Hall–Kier alpha value is -1.11. The van der Waals surface area contributed by atoms with E-state index in [1.165, 1.54) is 0 Å². The summed E-state index contributed by atoms with van der Waals surface area (Å²) in [6.07, 6.45) is 0. The van der Waals surface area contributed by atoms with Crippen molar-refractivity contribution in [3.63, 3.8) is 0 Å². The van der Waals surface area contributed by atoms with Crippen molar-refractivity contribution in [1.82, 2.24) is 19.6 Å². The van der Waals surface area contributed by atoms with Gasteiger partial charge in [0.1, 0.15) is 5.15 Å². The molecule has 1 heterocycles. The number of nitrogens with zero attached hydrogens (tertiary/aromatic N) is 4. The summed E-state index contributed by atoms with van der Waals surface area (Å²) in [4.78, 5) is 14.8. The molecule has 19 heavy (non-hydrogen) atoms. The van der Waals surface area contributed by atoms with Crippen molar-refractivity contribution in [2.75, 3.05) is 33.7 Å². The highest BCUT2D eigenvalue weighted by molar-refractivity contribution is 6.30. The number of hydrogen-bond donors (Lipinski definition) is 1. The summed E-state index contributed by atoms with van der Waals surface area (Å²) < 4.78 is 1.61. The molecule has 0 radical (unpaired) electrons. The molecule has 0 aliphatic carbocycles. The van der Waals surface area contributed by atoms with E-state index in [4.69, 9.17) is 16.7 Å². The molecule has 6 nitrogen and oxygen atoms in total. The molecule has 0 saturated heterocycles. The Labute approximate surface area is 118 Å². The summed E-state index contributed by atoms with van der Waals surface area (Å²) in [5.41, 5.74) is 1.73. The van der Waals surface area contributed by atoms with Crippen LogP contribution < -0.4 is 0 Å². The van der Waals surface area contributed by atoms with Gasteiger partial charge in [0.05, 0.1) is 12.2 Å². The molecule has 1 aromatic rings. The summed E-state index contributed by atoms with van der Waals surface area (Å²) in [7, 11) is 5.70. The predicted octanol–water partition coefficient (Wildman–Crippen LogP) is 0.830. The molecule has 0 atom stereocenters. The second-order valence-electron chi connectivity index (χ2n) is 4.89. The van der Waals surface area contributed by atoms with Gasteiger partial charge in [-0.2, -0.15) is 5.10 Å². The van der Waals surface area contributed by atoms with E-state index in [1.807, 2.05) is 30.8 Å². The van der Waals surface area contributed by atoms with Crippen LogP contribution >= 0.6 is 11.6 Å². The fourth-order valence-electron chi connectivity index (χ4n) is 1.82. The first-order chi connectivity index (χ1) is 8.81. The third-order valence-corrected chi connectivity index (χ3v) is 3.35. The molecule has 0 fully saturated rings. The van der Waals surface area contributed by atoms with Crippen LogP contribution in [0.15, 0.2) is 0 Å². The summed E-state index contributed by atoms with van der Waals surface area (Å²) >= 11 is 6.17. The second kappa shape index (κ2) is 6.88. The van der Waals surface area contributed by atoms with Crippen LogP contribution in [0.2, 0.25) is 5.15 Å². The number of carbonyl (C=O) groups is 1. The molecule has 0 aromatic carbocycles. The monoisotopic (exact) mass is 288 g/mol. The van der Waals surface area contributed by atoms with Gasteiger partial charge >= 0.3 is 5.97 Å². The molecule has 0 unspecified atom stereocenters. The number of aliphatic carboxylic acids is 1. The fraction of sp³-hybridized carbons (Fsp3) is 0.667. The average Bonchev–Trinajstić information content (AvgIpc) is 2.52. The van der Waals surface area contributed by atoms with Gasteiger partial charge in [0.2, 0.25) is 0 Å². The Morgan fingerprint density at radius 3 is 2.47 bits per heavy atom. The topological polar surface area (TPSA) is 61.6 Å². The third kappa shape index (κ3) is 4.81. The van der Waals surface area contributed by atoms with Crippen molar-refractivity contribution in [2.45, 2.75) is 13.5 Å². The largest absolute Gasteiger partial charge is 0.480 e. The van der Waals surface area contributed by atoms with Crippen LogP contribution in [-0.2, 0) is 18.4 Å². The minimum absolute atomic E-state index is 0.00148. The number of halogens is 1. The molecular weight excluding hydrogens is 268 g/mol. The summed E-state index contributed by atoms with van der Waals surface area (Å²) in [6.45, 7) is 3.84. The lowest BCUT2D eigenvalue weighted by atomic mass is 10.2. The van der Waals surface area contributed by atoms with E-state index in [0.29, 0.717) is 18.2 Å². The van der Waals surface area contributed by atoms with Gasteiger partial charge in [-0.3, -0.25) is 14.4 Å². The van der Waals surface area contributed by atoms with Gasteiger partial charge in [-0.05, 0) is 21.0 Å². The Bertz CT molecular complexity index is 445. The summed E-state index contributed by atoms with van der Waals surface area (Å²) in [6, 6.07) is 0. The van der Waals surface area contributed by atoms with E-state index < -0.39 is 5.97 Å². The van der Waals surface area contributed by atoms with Crippen LogP contribution in [0.1, 0.15) is 11.3 Å². The highest BCUT2D eigenvalue weighted by atomic mass is 35.5. The quantitative estimate of drug-likeness (QED) is 0.805. The number of hydrogen-bond acceptors (Lipinski definition) is 4. The van der Waals surface area contributed by atoms with Crippen LogP contribution in [0.3, 0.4) is 0 Å². The number of rotatable bonds is 7. The van der Waals surface area contributed by atoms with Crippen LogP contribution in [-0.4, -0.2) is 64.4 Å². The van der Waals surface area contributed by atoms with Crippen molar-refractivity contribution >= 4 is 17.6 Å². The minimum Gasteiger partial charge on any atom is -0.480 e. The highest BCUT2D eigenvalue weighted by Crippen LogP contribution is 2.20. The van der Waals surface area contributed by atoms with E-state index in [2.05, 4.69) is 5.10 Å². The molecule has 0 aliphatic heterocycles. The number of aryl methyl sites for hydroxylation is 2. The maximum atomic E-state index is 10.9. The maximum absolute atomic E-state index is 10.9. The molecule has 0 spiro atoms. The fourth-order valence-corrected chi connectivity index (χ4v) is 2.06. The summed E-state index contributed by atoms with van der Waals surface area (Å²) in [5.74, 6) is -0.837. The Morgan fingerprint density at radius 1 is 1.42 bits per heavy atom. The first-order valence-corrected chi connectivity index (χ1v) is 6.46. The lowest BCUT2D eigenvalue weighted by molar-refractivity contribution is -0.138. The normalized spacial score (nSPS) is 11.5. The third-order valence-electron chi connectivity index (χ3n) is 2.87. The van der Waals surface area contributed by atoms with Gasteiger partial charge < -0.3 is 10.0 Å². The van der Waals surface area contributed by atoms with Crippen LogP contribution in [0.4, 0.5) is 0 Å². The highest BCUT2D eigenvalue weighted by Gasteiger charge is 2.17. The van der Waals surface area contributed by atoms with Crippen molar-refractivity contribution in [2.24, 2.45) is 7.05 Å². The predicted molar refractivity (Wildman–Crippen MR) is 74.4 cm³/mol. The van der Waals surface area contributed by atoms with E-state index in [-0.39, 0.29) is 6.54 Å². The van der Waals surface area contributed by atoms with E-state index in [1.54, 1.807) is 11.7 Å².